The first-order chi connectivity index (χ1) is 12.2. The fourth-order valence-electron chi connectivity index (χ4n) is 2.28. The molecule has 0 unspecified atom stereocenters. The zero-order chi connectivity index (χ0) is 17.6. The van der Waals surface area contributed by atoms with Crippen LogP contribution in [0.4, 0.5) is 5.69 Å². The Morgan fingerprint density at radius 3 is 2.76 bits per heavy atom. The Morgan fingerprint density at radius 1 is 1.20 bits per heavy atom. The van der Waals surface area contributed by atoms with E-state index in [0.29, 0.717) is 28.8 Å². The zero-order valence-electron chi connectivity index (χ0n) is 13.4. The fourth-order valence-corrected chi connectivity index (χ4v) is 3.16. The first-order valence-electron chi connectivity index (χ1n) is 7.56. The normalized spacial score (nSPS) is 10.6. The van der Waals surface area contributed by atoms with Crippen molar-refractivity contribution < 1.29 is 9.66 Å². The molecule has 0 amide bonds. The molecule has 0 atom stereocenters. The van der Waals surface area contributed by atoms with Crippen LogP contribution in [0.5, 0.6) is 5.75 Å². The molecule has 0 aliphatic rings. The molecule has 0 N–H and O–H groups in total. The molecular formula is C16H15N5O3S. The van der Waals surface area contributed by atoms with Gasteiger partial charge in [-0.3, -0.25) is 10.1 Å². The molecule has 0 spiro atoms. The summed E-state index contributed by atoms with van der Waals surface area (Å²) in [6.07, 6.45) is 0. The third kappa shape index (κ3) is 3.77. The third-order valence-corrected chi connectivity index (χ3v) is 4.35. The number of aromatic nitrogens is 4. The van der Waals surface area contributed by atoms with Crippen molar-refractivity contribution in [2.24, 2.45) is 0 Å². The molecule has 8 nitrogen and oxygen atoms in total. The summed E-state index contributed by atoms with van der Waals surface area (Å²) in [6, 6.07) is 14.1. The molecule has 1 aromatic heterocycles. The maximum absolute atomic E-state index is 11.1. The van der Waals surface area contributed by atoms with E-state index in [-0.39, 0.29) is 10.6 Å². The van der Waals surface area contributed by atoms with E-state index in [1.807, 2.05) is 31.2 Å². The lowest BCUT2D eigenvalue weighted by Crippen LogP contribution is -2.03. The van der Waals surface area contributed by atoms with Crippen LogP contribution < -0.4 is 4.74 Å². The minimum absolute atomic E-state index is 0.0868. The second-order valence-electron chi connectivity index (χ2n) is 4.95. The van der Waals surface area contributed by atoms with E-state index in [1.54, 1.807) is 22.9 Å². The van der Waals surface area contributed by atoms with Gasteiger partial charge in [0.25, 0.3) is 5.69 Å². The topological polar surface area (TPSA) is 96.0 Å². The summed E-state index contributed by atoms with van der Waals surface area (Å²) >= 11 is 1.33. The summed E-state index contributed by atoms with van der Waals surface area (Å²) < 4.78 is 7.19. The van der Waals surface area contributed by atoms with E-state index in [2.05, 4.69) is 15.5 Å². The second-order valence-corrected chi connectivity index (χ2v) is 5.89. The predicted octanol–water partition coefficient (Wildman–Crippen LogP) is 3.26. The lowest BCUT2D eigenvalue weighted by molar-refractivity contribution is -0.385. The molecule has 2 aromatic carbocycles. The van der Waals surface area contributed by atoms with Gasteiger partial charge in [-0.25, -0.2) is 0 Å². The maximum atomic E-state index is 11.1. The fraction of sp³-hybridized carbons (Fsp3) is 0.188. The van der Waals surface area contributed by atoms with Crippen molar-refractivity contribution in [1.29, 1.82) is 0 Å². The van der Waals surface area contributed by atoms with E-state index in [0.717, 1.165) is 5.69 Å². The number of hydrogen-bond donors (Lipinski definition) is 0. The summed E-state index contributed by atoms with van der Waals surface area (Å²) in [7, 11) is 0. The van der Waals surface area contributed by atoms with E-state index in [9.17, 15) is 10.1 Å². The van der Waals surface area contributed by atoms with E-state index in [4.69, 9.17) is 4.74 Å². The number of ether oxygens (including phenoxy) is 1. The highest BCUT2D eigenvalue weighted by molar-refractivity contribution is 7.98. The second kappa shape index (κ2) is 7.75. The van der Waals surface area contributed by atoms with Crippen molar-refractivity contribution >= 4 is 17.4 Å². The number of hydrogen-bond acceptors (Lipinski definition) is 7. The molecular weight excluding hydrogens is 342 g/mol. The van der Waals surface area contributed by atoms with Crippen LogP contribution in [-0.4, -0.2) is 31.7 Å². The largest absolute Gasteiger partial charge is 0.492 e. The number of nitro groups is 1. The number of tetrazole rings is 1. The van der Waals surface area contributed by atoms with Crippen LogP contribution in [-0.2, 0) is 5.75 Å². The Hall–Kier alpha value is -2.94. The van der Waals surface area contributed by atoms with Crippen LogP contribution in [0.25, 0.3) is 5.69 Å². The average molecular weight is 357 g/mol. The van der Waals surface area contributed by atoms with Crippen LogP contribution in [0.1, 0.15) is 12.5 Å². The van der Waals surface area contributed by atoms with Gasteiger partial charge in [0, 0.05) is 17.4 Å². The summed E-state index contributed by atoms with van der Waals surface area (Å²) in [5.41, 5.74) is 1.42. The first kappa shape index (κ1) is 16.9. The van der Waals surface area contributed by atoms with Gasteiger partial charge in [-0.2, -0.15) is 4.68 Å². The van der Waals surface area contributed by atoms with Crippen LogP contribution in [0.3, 0.4) is 0 Å². The first-order valence-corrected chi connectivity index (χ1v) is 8.55. The minimum atomic E-state index is -0.386. The van der Waals surface area contributed by atoms with Crippen molar-refractivity contribution in [2.45, 2.75) is 17.8 Å². The van der Waals surface area contributed by atoms with Gasteiger partial charge in [0.1, 0.15) is 11.4 Å². The van der Waals surface area contributed by atoms with Crippen molar-refractivity contribution in [3.8, 4) is 11.4 Å². The van der Waals surface area contributed by atoms with Gasteiger partial charge < -0.3 is 4.74 Å². The molecule has 128 valence electrons. The number of nitro benzene ring substituents is 1. The Labute approximate surface area is 148 Å². The van der Waals surface area contributed by atoms with Crippen LogP contribution in [0, 0.1) is 10.1 Å². The van der Waals surface area contributed by atoms with E-state index >= 15 is 0 Å². The molecule has 25 heavy (non-hydrogen) atoms. The van der Waals surface area contributed by atoms with Crippen molar-refractivity contribution in [3.05, 3.63) is 64.2 Å². The number of rotatable bonds is 7. The molecule has 9 heteroatoms. The molecule has 0 saturated carbocycles. The summed E-state index contributed by atoms with van der Waals surface area (Å²) in [6.45, 7) is 2.43. The average Bonchev–Trinajstić information content (AvgIpc) is 3.09. The molecule has 0 aliphatic carbocycles. The molecule has 0 aliphatic heterocycles. The Kier molecular flexibility index (Phi) is 5.24. The molecule has 0 saturated heterocycles. The van der Waals surface area contributed by atoms with Gasteiger partial charge in [-0.1, -0.05) is 42.1 Å². The molecule has 3 aromatic rings. The molecule has 0 bridgehead atoms. The zero-order valence-corrected chi connectivity index (χ0v) is 14.2. The monoisotopic (exact) mass is 357 g/mol. The highest BCUT2D eigenvalue weighted by Crippen LogP contribution is 2.29. The Morgan fingerprint density at radius 2 is 1.96 bits per heavy atom. The SMILES string of the molecule is CCOc1ccccc1-n1nnnc1SCc1ccccc1[N+](=O)[O-]. The van der Waals surface area contributed by atoms with Gasteiger partial charge in [-0.15, -0.1) is 5.10 Å². The quantitative estimate of drug-likeness (QED) is 0.364. The Bertz CT molecular complexity index is 883. The van der Waals surface area contributed by atoms with Crippen LogP contribution >= 0.6 is 11.8 Å². The van der Waals surface area contributed by atoms with Gasteiger partial charge in [-0.05, 0) is 29.5 Å². The van der Waals surface area contributed by atoms with Crippen molar-refractivity contribution in [1.82, 2.24) is 20.2 Å². The highest BCUT2D eigenvalue weighted by atomic mass is 32.2. The van der Waals surface area contributed by atoms with Gasteiger partial charge in [0.15, 0.2) is 0 Å². The summed E-state index contributed by atoms with van der Waals surface area (Å²) in [5, 5.41) is 23.4. The predicted molar refractivity (Wildman–Crippen MR) is 93.0 cm³/mol. The lowest BCUT2D eigenvalue weighted by Gasteiger charge is -2.10. The molecule has 0 radical (unpaired) electrons. The third-order valence-electron chi connectivity index (χ3n) is 3.38. The maximum Gasteiger partial charge on any atom is 0.273 e. The summed E-state index contributed by atoms with van der Waals surface area (Å²) in [4.78, 5) is 10.7. The van der Waals surface area contributed by atoms with Crippen LogP contribution in [0.2, 0.25) is 0 Å². The van der Waals surface area contributed by atoms with Crippen molar-refractivity contribution in [3.63, 3.8) is 0 Å². The number of para-hydroxylation sites is 3. The van der Waals surface area contributed by atoms with Crippen LogP contribution in [0.15, 0.2) is 53.7 Å². The van der Waals surface area contributed by atoms with Gasteiger partial charge in [0.2, 0.25) is 5.16 Å². The summed E-state index contributed by atoms with van der Waals surface area (Å²) in [5.74, 6) is 1.05. The van der Waals surface area contributed by atoms with E-state index in [1.165, 1.54) is 17.8 Å². The van der Waals surface area contributed by atoms with Gasteiger partial charge >= 0.3 is 0 Å². The van der Waals surface area contributed by atoms with Gasteiger partial charge in [0.05, 0.1) is 11.5 Å². The smallest absolute Gasteiger partial charge is 0.273 e. The standard InChI is InChI=1S/C16H15N5O3S/c1-2-24-15-10-6-5-9-14(15)20-16(17-18-19-20)25-11-12-7-3-4-8-13(12)21(22)23/h3-10H,2,11H2,1H3. The lowest BCUT2D eigenvalue weighted by atomic mass is 10.2. The highest BCUT2D eigenvalue weighted by Gasteiger charge is 2.16. The molecule has 1 heterocycles. The number of thioether (sulfide) groups is 1. The van der Waals surface area contributed by atoms with Crippen molar-refractivity contribution in [2.75, 3.05) is 6.61 Å². The molecule has 0 fully saturated rings. The Balaban J connectivity index is 1.86. The minimum Gasteiger partial charge on any atom is -0.492 e. The van der Waals surface area contributed by atoms with E-state index < -0.39 is 0 Å². The number of benzene rings is 2. The number of nitrogens with zero attached hydrogens (tertiary/aromatic N) is 5. The molecule has 3 rings (SSSR count).